The number of aromatic hydroxyl groups is 1. The minimum absolute atomic E-state index is 0.119. The number of nitrogens with zero attached hydrogens (tertiary/aromatic N) is 5. The Morgan fingerprint density at radius 2 is 2.07 bits per heavy atom. The van der Waals surface area contributed by atoms with Gasteiger partial charge in [-0.05, 0) is 60.9 Å². The molecular formula is C17H21N5O4S. The lowest BCUT2D eigenvalue weighted by molar-refractivity contribution is -0.155. The molecule has 1 amide bonds. The number of hydrogen-bond acceptors (Lipinski definition) is 8. The number of rotatable bonds is 6. The molecule has 2 heterocycles. The molecule has 0 saturated carbocycles. The number of phenolic OH excluding ortho intramolecular Hbond substituents is 1. The highest BCUT2D eigenvalue weighted by atomic mass is 32.2. The predicted molar refractivity (Wildman–Crippen MR) is 97.5 cm³/mol. The lowest BCUT2D eigenvalue weighted by Crippen LogP contribution is -2.49. The largest absolute Gasteiger partial charge is 0.508 e. The molecule has 1 atom stereocenters. The number of phenols is 1. The minimum atomic E-state index is -0.514. The van der Waals surface area contributed by atoms with Crippen LogP contribution in [0.3, 0.4) is 0 Å². The maximum absolute atomic E-state index is 12.7. The number of amides is 1. The van der Waals surface area contributed by atoms with Gasteiger partial charge in [0.05, 0.1) is 18.0 Å². The van der Waals surface area contributed by atoms with Crippen molar-refractivity contribution in [3.63, 3.8) is 0 Å². The van der Waals surface area contributed by atoms with Gasteiger partial charge in [0.25, 0.3) is 0 Å². The number of tetrazole rings is 1. The Morgan fingerprint density at radius 1 is 1.30 bits per heavy atom. The van der Waals surface area contributed by atoms with Gasteiger partial charge in [0, 0.05) is 6.54 Å². The highest BCUT2D eigenvalue weighted by Gasteiger charge is 2.33. The van der Waals surface area contributed by atoms with E-state index in [9.17, 15) is 14.7 Å². The van der Waals surface area contributed by atoms with E-state index in [1.165, 1.54) is 28.6 Å². The third kappa shape index (κ3) is 4.57. The summed E-state index contributed by atoms with van der Waals surface area (Å²) in [4.78, 5) is 26.4. The van der Waals surface area contributed by atoms with E-state index in [2.05, 4.69) is 15.5 Å². The fourth-order valence-corrected chi connectivity index (χ4v) is 3.72. The zero-order valence-electron chi connectivity index (χ0n) is 14.9. The van der Waals surface area contributed by atoms with Gasteiger partial charge in [0.15, 0.2) is 0 Å². The molecule has 0 aliphatic carbocycles. The number of esters is 1. The van der Waals surface area contributed by atoms with Gasteiger partial charge in [-0.2, -0.15) is 4.68 Å². The number of ether oxygens (including phenoxy) is 1. The number of hydrogen-bond donors (Lipinski definition) is 1. The van der Waals surface area contributed by atoms with Crippen molar-refractivity contribution < 1.29 is 19.4 Å². The standard InChI is InChI=1S/C17H21N5O4S/c1-2-26-16(25)14-5-3-4-10-21(14)15(24)11-27-17-18-19-20-22(17)12-6-8-13(23)9-7-12/h6-9,14,23H,2-5,10-11H2,1H3/t14-/m0/s1. The van der Waals surface area contributed by atoms with Crippen LogP contribution in [0.25, 0.3) is 5.69 Å². The van der Waals surface area contributed by atoms with Crippen molar-refractivity contribution in [2.24, 2.45) is 0 Å². The van der Waals surface area contributed by atoms with Crippen molar-refractivity contribution in [3.8, 4) is 11.4 Å². The number of carbonyl (C=O) groups is 2. The second-order valence-electron chi connectivity index (χ2n) is 6.03. The molecule has 27 heavy (non-hydrogen) atoms. The summed E-state index contributed by atoms with van der Waals surface area (Å²) in [7, 11) is 0. The smallest absolute Gasteiger partial charge is 0.328 e. The maximum atomic E-state index is 12.7. The van der Waals surface area contributed by atoms with Crippen LogP contribution >= 0.6 is 11.8 Å². The van der Waals surface area contributed by atoms with Gasteiger partial charge in [-0.25, -0.2) is 4.79 Å². The van der Waals surface area contributed by atoms with Crippen molar-refractivity contribution in [1.29, 1.82) is 0 Å². The lowest BCUT2D eigenvalue weighted by Gasteiger charge is -2.33. The molecule has 1 saturated heterocycles. The number of thioether (sulfide) groups is 1. The van der Waals surface area contributed by atoms with E-state index < -0.39 is 6.04 Å². The first-order valence-electron chi connectivity index (χ1n) is 8.77. The molecule has 0 bridgehead atoms. The van der Waals surface area contributed by atoms with E-state index in [4.69, 9.17) is 4.74 Å². The predicted octanol–water partition coefficient (Wildman–Crippen LogP) is 1.40. The molecule has 1 fully saturated rings. The first-order chi connectivity index (χ1) is 13.1. The van der Waals surface area contributed by atoms with Crippen LogP contribution in [-0.4, -0.2) is 67.0 Å². The molecule has 0 unspecified atom stereocenters. The summed E-state index contributed by atoms with van der Waals surface area (Å²) in [5.74, 6) is -0.220. The van der Waals surface area contributed by atoms with Gasteiger partial charge >= 0.3 is 5.97 Å². The topological polar surface area (TPSA) is 110 Å². The van der Waals surface area contributed by atoms with Crippen molar-refractivity contribution in [3.05, 3.63) is 24.3 Å². The van der Waals surface area contributed by atoms with Crippen molar-refractivity contribution >= 4 is 23.6 Å². The molecule has 2 aromatic rings. The van der Waals surface area contributed by atoms with Gasteiger partial charge in [0.2, 0.25) is 11.1 Å². The van der Waals surface area contributed by atoms with Crippen LogP contribution < -0.4 is 0 Å². The Bertz CT molecular complexity index is 795. The maximum Gasteiger partial charge on any atom is 0.328 e. The second-order valence-corrected chi connectivity index (χ2v) is 6.97. The van der Waals surface area contributed by atoms with Crippen LogP contribution in [-0.2, 0) is 14.3 Å². The average molecular weight is 391 g/mol. The Labute approximate surface area is 160 Å². The molecule has 3 rings (SSSR count). The SMILES string of the molecule is CCOC(=O)[C@@H]1CCCCN1C(=O)CSc1nnnn1-c1ccc(O)cc1. The third-order valence-corrected chi connectivity index (χ3v) is 5.15. The Hall–Kier alpha value is -2.62. The number of likely N-dealkylation sites (tertiary alicyclic amines) is 1. The molecule has 1 N–H and O–H groups in total. The zero-order chi connectivity index (χ0) is 19.2. The van der Waals surface area contributed by atoms with Crippen LogP contribution in [0, 0.1) is 0 Å². The van der Waals surface area contributed by atoms with Crippen molar-refractivity contribution in [2.45, 2.75) is 37.4 Å². The van der Waals surface area contributed by atoms with Crippen LogP contribution in [0.5, 0.6) is 5.75 Å². The average Bonchev–Trinajstić information content (AvgIpc) is 3.15. The lowest BCUT2D eigenvalue weighted by atomic mass is 10.0. The summed E-state index contributed by atoms with van der Waals surface area (Å²) in [5, 5.41) is 21.4. The first-order valence-corrected chi connectivity index (χ1v) is 9.75. The molecule has 1 aromatic heterocycles. The Kier molecular flexibility index (Phi) is 6.28. The fourth-order valence-electron chi connectivity index (χ4n) is 2.95. The van der Waals surface area contributed by atoms with Gasteiger partial charge in [0.1, 0.15) is 11.8 Å². The van der Waals surface area contributed by atoms with E-state index in [1.807, 2.05) is 0 Å². The van der Waals surface area contributed by atoms with E-state index in [0.717, 1.165) is 12.8 Å². The van der Waals surface area contributed by atoms with E-state index in [0.29, 0.717) is 30.4 Å². The van der Waals surface area contributed by atoms with Crippen LogP contribution in [0.1, 0.15) is 26.2 Å². The van der Waals surface area contributed by atoms with Crippen LogP contribution in [0.15, 0.2) is 29.4 Å². The van der Waals surface area contributed by atoms with Gasteiger partial charge in [-0.3, -0.25) is 4.79 Å². The molecule has 10 heteroatoms. The number of aromatic nitrogens is 4. The number of piperidine rings is 1. The molecule has 1 aliphatic rings. The van der Waals surface area contributed by atoms with Crippen molar-refractivity contribution in [1.82, 2.24) is 25.1 Å². The molecule has 0 spiro atoms. The molecule has 1 aliphatic heterocycles. The third-order valence-electron chi connectivity index (χ3n) is 4.24. The van der Waals surface area contributed by atoms with Gasteiger partial charge in [-0.1, -0.05) is 11.8 Å². The van der Waals surface area contributed by atoms with Gasteiger partial charge < -0.3 is 14.7 Å². The Balaban J connectivity index is 1.66. The van der Waals surface area contributed by atoms with Gasteiger partial charge in [-0.15, -0.1) is 5.10 Å². The highest BCUT2D eigenvalue weighted by molar-refractivity contribution is 7.99. The van der Waals surface area contributed by atoms with E-state index >= 15 is 0 Å². The first kappa shape index (κ1) is 19.2. The summed E-state index contributed by atoms with van der Waals surface area (Å²) >= 11 is 1.20. The quantitative estimate of drug-likeness (QED) is 0.581. The monoisotopic (exact) mass is 391 g/mol. The van der Waals surface area contributed by atoms with E-state index in [-0.39, 0.29) is 23.4 Å². The second kappa shape index (κ2) is 8.85. The van der Waals surface area contributed by atoms with Crippen LogP contribution in [0.2, 0.25) is 0 Å². The van der Waals surface area contributed by atoms with Crippen molar-refractivity contribution in [2.75, 3.05) is 18.9 Å². The number of carbonyl (C=O) groups excluding carboxylic acids is 2. The minimum Gasteiger partial charge on any atom is -0.508 e. The molecular weight excluding hydrogens is 370 g/mol. The highest BCUT2D eigenvalue weighted by Crippen LogP contribution is 2.23. The summed E-state index contributed by atoms with van der Waals surface area (Å²) in [6.45, 7) is 2.60. The molecule has 1 aromatic carbocycles. The summed E-state index contributed by atoms with van der Waals surface area (Å²) in [6, 6.07) is 5.92. The molecule has 144 valence electrons. The summed E-state index contributed by atoms with van der Waals surface area (Å²) in [5.41, 5.74) is 0.676. The molecule has 0 radical (unpaired) electrons. The number of benzene rings is 1. The summed E-state index contributed by atoms with van der Waals surface area (Å²) < 4.78 is 6.60. The zero-order valence-corrected chi connectivity index (χ0v) is 15.8. The van der Waals surface area contributed by atoms with E-state index in [1.54, 1.807) is 24.0 Å². The fraction of sp³-hybridized carbons (Fsp3) is 0.471. The molecule has 9 nitrogen and oxygen atoms in total. The normalized spacial score (nSPS) is 16.9. The summed E-state index contributed by atoms with van der Waals surface area (Å²) in [6.07, 6.45) is 2.40. The Morgan fingerprint density at radius 3 is 2.81 bits per heavy atom. The van der Waals surface area contributed by atoms with Crippen LogP contribution in [0.4, 0.5) is 0 Å².